The molecule has 0 aliphatic carbocycles. The van der Waals surface area contributed by atoms with Gasteiger partial charge in [0.2, 0.25) is 0 Å². The standard InChI is InChI=1S/C13H16FNO3/c1-4-18-9(3)13(17)15-12-7-10(14)5-6-11(12)8(2)16/h5-7,9H,4H2,1-3H3,(H,15,17)/t9-/m0/s1. The highest BCUT2D eigenvalue weighted by Gasteiger charge is 2.16. The van der Waals surface area contributed by atoms with Crippen molar-refractivity contribution in [3.8, 4) is 0 Å². The van der Waals surface area contributed by atoms with Gasteiger partial charge in [0.05, 0.1) is 5.69 Å². The average molecular weight is 253 g/mol. The number of rotatable bonds is 5. The Balaban J connectivity index is 2.92. The molecule has 1 aromatic carbocycles. The Kier molecular flexibility index (Phi) is 4.97. The molecule has 0 unspecified atom stereocenters. The molecular weight excluding hydrogens is 237 g/mol. The van der Waals surface area contributed by atoms with Crippen LogP contribution in [0, 0.1) is 5.82 Å². The van der Waals surface area contributed by atoms with Crippen molar-refractivity contribution in [2.24, 2.45) is 0 Å². The number of ether oxygens (including phenoxy) is 1. The Hall–Kier alpha value is -1.75. The van der Waals surface area contributed by atoms with E-state index in [0.29, 0.717) is 6.61 Å². The van der Waals surface area contributed by atoms with Gasteiger partial charge in [-0.2, -0.15) is 0 Å². The Morgan fingerprint density at radius 1 is 1.44 bits per heavy atom. The first kappa shape index (κ1) is 14.3. The Labute approximate surface area is 105 Å². The second kappa shape index (κ2) is 6.26. The minimum atomic E-state index is -0.655. The normalized spacial score (nSPS) is 12.0. The van der Waals surface area contributed by atoms with E-state index in [2.05, 4.69) is 5.32 Å². The molecule has 0 heterocycles. The minimum absolute atomic E-state index is 0.166. The first-order chi connectivity index (χ1) is 8.45. The number of carbonyl (C=O) groups is 2. The van der Waals surface area contributed by atoms with Gasteiger partial charge in [-0.3, -0.25) is 9.59 Å². The summed E-state index contributed by atoms with van der Waals surface area (Å²) < 4.78 is 18.2. The zero-order valence-corrected chi connectivity index (χ0v) is 10.6. The third-order valence-electron chi connectivity index (χ3n) is 2.40. The first-order valence-electron chi connectivity index (χ1n) is 5.68. The fourth-order valence-electron chi connectivity index (χ4n) is 1.49. The number of amides is 1. The number of anilines is 1. The van der Waals surface area contributed by atoms with Crippen LogP contribution in [0.1, 0.15) is 31.1 Å². The van der Waals surface area contributed by atoms with E-state index < -0.39 is 17.8 Å². The van der Waals surface area contributed by atoms with E-state index >= 15 is 0 Å². The van der Waals surface area contributed by atoms with Crippen molar-refractivity contribution in [2.45, 2.75) is 26.9 Å². The molecular formula is C13H16FNO3. The van der Waals surface area contributed by atoms with Crippen molar-refractivity contribution in [2.75, 3.05) is 11.9 Å². The number of carbonyl (C=O) groups excluding carboxylic acids is 2. The molecule has 5 heteroatoms. The summed E-state index contributed by atoms with van der Waals surface area (Å²) in [6.07, 6.45) is -0.655. The molecule has 0 aliphatic rings. The molecule has 0 aliphatic heterocycles. The van der Waals surface area contributed by atoms with Gasteiger partial charge >= 0.3 is 0 Å². The van der Waals surface area contributed by atoms with Crippen LogP contribution in [0.15, 0.2) is 18.2 Å². The van der Waals surface area contributed by atoms with Crippen molar-refractivity contribution in [1.82, 2.24) is 0 Å². The lowest BCUT2D eigenvalue weighted by molar-refractivity contribution is -0.126. The number of Topliss-reactive ketones (excluding diaryl/α,β-unsaturated/α-hetero) is 1. The van der Waals surface area contributed by atoms with E-state index in [4.69, 9.17) is 4.74 Å². The number of hydrogen-bond acceptors (Lipinski definition) is 3. The molecule has 1 aromatic rings. The molecule has 0 bridgehead atoms. The molecule has 0 saturated carbocycles. The zero-order valence-electron chi connectivity index (χ0n) is 10.6. The molecule has 0 aromatic heterocycles. The van der Waals surface area contributed by atoms with E-state index in [1.807, 2.05) is 0 Å². The Morgan fingerprint density at radius 3 is 2.67 bits per heavy atom. The highest BCUT2D eigenvalue weighted by atomic mass is 19.1. The summed E-state index contributed by atoms with van der Waals surface area (Å²) in [7, 11) is 0. The van der Waals surface area contributed by atoms with Gasteiger partial charge < -0.3 is 10.1 Å². The number of halogens is 1. The van der Waals surface area contributed by atoms with Crippen LogP contribution in [0.5, 0.6) is 0 Å². The molecule has 4 nitrogen and oxygen atoms in total. The van der Waals surface area contributed by atoms with E-state index in [0.717, 1.165) is 6.07 Å². The molecule has 1 amide bonds. The fraction of sp³-hybridized carbons (Fsp3) is 0.385. The number of ketones is 1. The van der Waals surface area contributed by atoms with E-state index in [-0.39, 0.29) is 17.0 Å². The summed E-state index contributed by atoms with van der Waals surface area (Å²) >= 11 is 0. The highest BCUT2D eigenvalue weighted by Crippen LogP contribution is 2.18. The van der Waals surface area contributed by atoms with E-state index in [9.17, 15) is 14.0 Å². The summed E-state index contributed by atoms with van der Waals surface area (Å²) in [4.78, 5) is 23.1. The summed E-state index contributed by atoms with van der Waals surface area (Å²) in [5.74, 6) is -1.17. The van der Waals surface area contributed by atoms with Crippen LogP contribution < -0.4 is 5.32 Å². The van der Waals surface area contributed by atoms with Crippen molar-refractivity contribution >= 4 is 17.4 Å². The smallest absolute Gasteiger partial charge is 0.253 e. The monoisotopic (exact) mass is 253 g/mol. The third-order valence-corrected chi connectivity index (χ3v) is 2.40. The SMILES string of the molecule is CCO[C@@H](C)C(=O)Nc1cc(F)ccc1C(C)=O. The van der Waals surface area contributed by atoms with Crippen molar-refractivity contribution < 1.29 is 18.7 Å². The maximum atomic E-state index is 13.1. The van der Waals surface area contributed by atoms with Gasteiger partial charge in [0.25, 0.3) is 5.91 Å². The predicted molar refractivity (Wildman–Crippen MR) is 66.1 cm³/mol. The molecule has 1 atom stereocenters. The summed E-state index contributed by atoms with van der Waals surface area (Å²) in [5.41, 5.74) is 0.438. The quantitative estimate of drug-likeness (QED) is 0.820. The van der Waals surface area contributed by atoms with Crippen molar-refractivity contribution in [3.05, 3.63) is 29.6 Å². The van der Waals surface area contributed by atoms with Gasteiger partial charge in [-0.25, -0.2) is 4.39 Å². The minimum Gasteiger partial charge on any atom is -0.369 e. The molecule has 98 valence electrons. The van der Waals surface area contributed by atoms with Gasteiger partial charge in [0.15, 0.2) is 5.78 Å². The molecule has 0 spiro atoms. The zero-order chi connectivity index (χ0) is 13.7. The average Bonchev–Trinajstić information content (AvgIpc) is 2.28. The Morgan fingerprint density at radius 2 is 2.11 bits per heavy atom. The van der Waals surface area contributed by atoms with E-state index in [1.54, 1.807) is 13.8 Å². The molecule has 18 heavy (non-hydrogen) atoms. The van der Waals surface area contributed by atoms with Gasteiger partial charge in [0, 0.05) is 12.2 Å². The van der Waals surface area contributed by atoms with Crippen LogP contribution in [-0.4, -0.2) is 24.4 Å². The third kappa shape index (κ3) is 3.63. The summed E-state index contributed by atoms with van der Waals surface area (Å²) in [6.45, 7) is 5.12. The van der Waals surface area contributed by atoms with Gasteiger partial charge in [0.1, 0.15) is 11.9 Å². The van der Waals surface area contributed by atoms with Crippen LogP contribution in [-0.2, 0) is 9.53 Å². The fourth-order valence-corrected chi connectivity index (χ4v) is 1.49. The maximum absolute atomic E-state index is 13.1. The topological polar surface area (TPSA) is 55.4 Å². The van der Waals surface area contributed by atoms with Crippen LogP contribution in [0.2, 0.25) is 0 Å². The second-order valence-electron chi connectivity index (χ2n) is 3.83. The molecule has 0 radical (unpaired) electrons. The summed E-state index contributed by atoms with van der Waals surface area (Å²) in [6, 6.07) is 3.64. The van der Waals surface area contributed by atoms with Crippen molar-refractivity contribution in [1.29, 1.82) is 0 Å². The maximum Gasteiger partial charge on any atom is 0.253 e. The van der Waals surface area contributed by atoms with Crippen LogP contribution in [0.3, 0.4) is 0 Å². The first-order valence-corrected chi connectivity index (χ1v) is 5.68. The van der Waals surface area contributed by atoms with Gasteiger partial charge in [-0.15, -0.1) is 0 Å². The summed E-state index contributed by atoms with van der Waals surface area (Å²) in [5, 5.41) is 2.49. The molecule has 0 saturated heterocycles. The number of hydrogen-bond donors (Lipinski definition) is 1. The van der Waals surface area contributed by atoms with Crippen molar-refractivity contribution in [3.63, 3.8) is 0 Å². The largest absolute Gasteiger partial charge is 0.369 e. The molecule has 1 rings (SSSR count). The highest BCUT2D eigenvalue weighted by molar-refractivity contribution is 6.04. The predicted octanol–water partition coefficient (Wildman–Crippen LogP) is 2.39. The Bertz CT molecular complexity index is 460. The lowest BCUT2D eigenvalue weighted by Crippen LogP contribution is -2.28. The molecule has 1 N–H and O–H groups in total. The molecule has 0 fully saturated rings. The lowest BCUT2D eigenvalue weighted by atomic mass is 10.1. The van der Waals surface area contributed by atoms with Gasteiger partial charge in [-0.1, -0.05) is 0 Å². The van der Waals surface area contributed by atoms with E-state index in [1.165, 1.54) is 19.1 Å². The van der Waals surface area contributed by atoms with Crippen LogP contribution in [0.25, 0.3) is 0 Å². The number of benzene rings is 1. The lowest BCUT2D eigenvalue weighted by Gasteiger charge is -2.14. The van der Waals surface area contributed by atoms with Crippen LogP contribution >= 0.6 is 0 Å². The van der Waals surface area contributed by atoms with Crippen LogP contribution in [0.4, 0.5) is 10.1 Å². The second-order valence-corrected chi connectivity index (χ2v) is 3.83. The van der Waals surface area contributed by atoms with Gasteiger partial charge in [-0.05, 0) is 39.0 Å². The number of nitrogens with one attached hydrogen (secondary N) is 1.